The Kier molecular flexibility index (Phi) is 5.40. The molecule has 0 heterocycles. The molecule has 0 aromatic heterocycles. The number of nitrogens with one attached hydrogen (secondary N) is 1. The summed E-state index contributed by atoms with van der Waals surface area (Å²) in [6.07, 6.45) is 9.55. The lowest BCUT2D eigenvalue weighted by atomic mass is 9.94. The SMILES string of the molecule is CCC[C@@H](N)C(=O)NCC1CC=CCC1. The molecular weight excluding hydrogens is 188 g/mol. The van der Waals surface area contributed by atoms with E-state index in [4.69, 9.17) is 5.73 Å². The van der Waals surface area contributed by atoms with Gasteiger partial charge in [-0.1, -0.05) is 25.5 Å². The van der Waals surface area contributed by atoms with Gasteiger partial charge in [-0.25, -0.2) is 0 Å². The third-order valence-corrected chi connectivity index (χ3v) is 2.88. The Bertz CT molecular complexity index is 226. The fourth-order valence-electron chi connectivity index (χ4n) is 1.86. The molecule has 1 aliphatic carbocycles. The number of carbonyl (C=O) groups is 1. The number of amides is 1. The molecule has 0 aliphatic heterocycles. The highest BCUT2D eigenvalue weighted by atomic mass is 16.2. The van der Waals surface area contributed by atoms with Crippen molar-refractivity contribution in [2.24, 2.45) is 11.7 Å². The molecule has 0 aromatic carbocycles. The predicted octanol–water partition coefficient (Wildman–Crippen LogP) is 1.59. The van der Waals surface area contributed by atoms with E-state index in [1.165, 1.54) is 6.42 Å². The molecule has 0 bridgehead atoms. The Labute approximate surface area is 92.1 Å². The van der Waals surface area contributed by atoms with E-state index in [0.29, 0.717) is 5.92 Å². The zero-order valence-electron chi connectivity index (χ0n) is 9.54. The van der Waals surface area contributed by atoms with Crippen molar-refractivity contribution in [3.05, 3.63) is 12.2 Å². The van der Waals surface area contributed by atoms with E-state index in [9.17, 15) is 4.79 Å². The summed E-state index contributed by atoms with van der Waals surface area (Å²) in [6, 6.07) is -0.325. The van der Waals surface area contributed by atoms with Crippen LogP contribution >= 0.6 is 0 Å². The molecule has 86 valence electrons. The van der Waals surface area contributed by atoms with Crippen LogP contribution in [0.25, 0.3) is 0 Å². The third kappa shape index (κ3) is 4.47. The largest absolute Gasteiger partial charge is 0.354 e. The minimum absolute atomic E-state index is 0.00593. The van der Waals surface area contributed by atoms with Gasteiger partial charge >= 0.3 is 0 Å². The molecule has 15 heavy (non-hydrogen) atoms. The average molecular weight is 210 g/mol. The Morgan fingerprint density at radius 1 is 1.60 bits per heavy atom. The zero-order chi connectivity index (χ0) is 11.1. The summed E-state index contributed by atoms with van der Waals surface area (Å²) in [4.78, 5) is 11.5. The summed E-state index contributed by atoms with van der Waals surface area (Å²) in [7, 11) is 0. The quantitative estimate of drug-likeness (QED) is 0.677. The van der Waals surface area contributed by atoms with Gasteiger partial charge in [-0.05, 0) is 31.6 Å². The highest BCUT2D eigenvalue weighted by molar-refractivity contribution is 5.81. The second-order valence-corrected chi connectivity index (χ2v) is 4.29. The summed E-state index contributed by atoms with van der Waals surface area (Å²) >= 11 is 0. The molecule has 1 rings (SSSR count). The zero-order valence-corrected chi connectivity index (χ0v) is 9.54. The van der Waals surface area contributed by atoms with E-state index in [-0.39, 0.29) is 11.9 Å². The Hall–Kier alpha value is -0.830. The summed E-state index contributed by atoms with van der Waals surface area (Å²) in [5.74, 6) is 0.610. The highest BCUT2D eigenvalue weighted by Gasteiger charge is 2.15. The van der Waals surface area contributed by atoms with Crippen molar-refractivity contribution in [2.45, 2.75) is 45.1 Å². The number of nitrogens with two attached hydrogens (primary N) is 1. The van der Waals surface area contributed by atoms with Gasteiger partial charge in [0.05, 0.1) is 6.04 Å². The monoisotopic (exact) mass is 210 g/mol. The summed E-state index contributed by atoms with van der Waals surface area (Å²) < 4.78 is 0. The van der Waals surface area contributed by atoms with Gasteiger partial charge in [0.1, 0.15) is 0 Å². The summed E-state index contributed by atoms with van der Waals surface area (Å²) in [5, 5.41) is 2.94. The van der Waals surface area contributed by atoms with Crippen molar-refractivity contribution in [1.82, 2.24) is 5.32 Å². The third-order valence-electron chi connectivity index (χ3n) is 2.88. The van der Waals surface area contributed by atoms with Gasteiger partial charge in [-0.2, -0.15) is 0 Å². The standard InChI is InChI=1S/C12H22N2O/c1-2-6-11(13)12(15)14-9-10-7-4-3-5-8-10/h3-4,10-11H,2,5-9,13H2,1H3,(H,14,15)/t10?,11-/m1/s1. The van der Waals surface area contributed by atoms with Crippen molar-refractivity contribution in [3.63, 3.8) is 0 Å². The molecule has 0 saturated carbocycles. The first-order valence-electron chi connectivity index (χ1n) is 5.92. The minimum atomic E-state index is -0.325. The van der Waals surface area contributed by atoms with Crippen molar-refractivity contribution >= 4 is 5.91 Å². The lowest BCUT2D eigenvalue weighted by molar-refractivity contribution is -0.122. The fraction of sp³-hybridized carbons (Fsp3) is 0.750. The molecule has 2 atom stereocenters. The number of rotatable bonds is 5. The molecular formula is C12H22N2O. The minimum Gasteiger partial charge on any atom is -0.354 e. The van der Waals surface area contributed by atoms with Crippen LogP contribution in [0.1, 0.15) is 39.0 Å². The maximum atomic E-state index is 11.5. The van der Waals surface area contributed by atoms with Gasteiger partial charge in [-0.3, -0.25) is 4.79 Å². The van der Waals surface area contributed by atoms with Crippen LogP contribution in [0.5, 0.6) is 0 Å². The van der Waals surface area contributed by atoms with E-state index in [1.807, 2.05) is 6.92 Å². The van der Waals surface area contributed by atoms with Crippen molar-refractivity contribution in [2.75, 3.05) is 6.54 Å². The van der Waals surface area contributed by atoms with Crippen molar-refractivity contribution in [1.29, 1.82) is 0 Å². The Morgan fingerprint density at radius 2 is 2.40 bits per heavy atom. The molecule has 0 radical (unpaired) electrons. The molecule has 0 saturated heterocycles. The van der Waals surface area contributed by atoms with Gasteiger partial charge in [0, 0.05) is 6.54 Å². The smallest absolute Gasteiger partial charge is 0.236 e. The number of carbonyl (C=O) groups excluding carboxylic acids is 1. The Balaban J connectivity index is 2.18. The van der Waals surface area contributed by atoms with Crippen LogP contribution in [0.15, 0.2) is 12.2 Å². The van der Waals surface area contributed by atoms with E-state index in [0.717, 1.165) is 32.2 Å². The Morgan fingerprint density at radius 3 is 3.00 bits per heavy atom. The predicted molar refractivity (Wildman–Crippen MR) is 62.4 cm³/mol. The molecule has 1 amide bonds. The van der Waals surface area contributed by atoms with Crippen LogP contribution in [-0.2, 0) is 4.79 Å². The second kappa shape index (κ2) is 6.62. The van der Waals surface area contributed by atoms with Crippen molar-refractivity contribution < 1.29 is 4.79 Å². The maximum Gasteiger partial charge on any atom is 0.236 e. The highest BCUT2D eigenvalue weighted by Crippen LogP contribution is 2.16. The molecule has 3 heteroatoms. The maximum absolute atomic E-state index is 11.5. The van der Waals surface area contributed by atoms with Gasteiger partial charge in [0.25, 0.3) is 0 Å². The van der Waals surface area contributed by atoms with E-state index >= 15 is 0 Å². The van der Waals surface area contributed by atoms with Gasteiger partial charge in [0.15, 0.2) is 0 Å². The summed E-state index contributed by atoms with van der Waals surface area (Å²) in [5.41, 5.74) is 5.72. The molecule has 3 nitrogen and oxygen atoms in total. The van der Waals surface area contributed by atoms with E-state index in [2.05, 4.69) is 17.5 Å². The fourth-order valence-corrected chi connectivity index (χ4v) is 1.86. The summed E-state index contributed by atoms with van der Waals surface area (Å²) in [6.45, 7) is 2.82. The molecule has 1 unspecified atom stereocenters. The van der Waals surface area contributed by atoms with E-state index < -0.39 is 0 Å². The lowest BCUT2D eigenvalue weighted by Crippen LogP contribution is -2.42. The molecule has 0 spiro atoms. The number of hydrogen-bond donors (Lipinski definition) is 2. The van der Waals surface area contributed by atoms with Crippen LogP contribution in [0.3, 0.4) is 0 Å². The van der Waals surface area contributed by atoms with Gasteiger partial charge < -0.3 is 11.1 Å². The first-order chi connectivity index (χ1) is 7.24. The van der Waals surface area contributed by atoms with E-state index in [1.54, 1.807) is 0 Å². The molecule has 0 aromatic rings. The molecule has 0 fully saturated rings. The number of hydrogen-bond acceptors (Lipinski definition) is 2. The first kappa shape index (κ1) is 12.2. The van der Waals surface area contributed by atoms with Crippen molar-refractivity contribution in [3.8, 4) is 0 Å². The second-order valence-electron chi connectivity index (χ2n) is 4.29. The van der Waals surface area contributed by atoms with Crippen LogP contribution in [0.4, 0.5) is 0 Å². The lowest BCUT2D eigenvalue weighted by Gasteiger charge is -2.19. The van der Waals surface area contributed by atoms with Crippen LogP contribution in [0.2, 0.25) is 0 Å². The average Bonchev–Trinajstić information content (AvgIpc) is 2.27. The molecule has 1 aliphatic rings. The first-order valence-corrected chi connectivity index (χ1v) is 5.92. The normalized spacial score (nSPS) is 22.4. The number of allylic oxidation sites excluding steroid dienone is 2. The molecule has 3 N–H and O–H groups in total. The van der Waals surface area contributed by atoms with Gasteiger partial charge in [0.2, 0.25) is 5.91 Å². The topological polar surface area (TPSA) is 55.1 Å². The van der Waals surface area contributed by atoms with Crippen LogP contribution in [-0.4, -0.2) is 18.5 Å². The van der Waals surface area contributed by atoms with Crippen LogP contribution in [0, 0.1) is 5.92 Å². The van der Waals surface area contributed by atoms with Crippen LogP contribution < -0.4 is 11.1 Å². The van der Waals surface area contributed by atoms with Gasteiger partial charge in [-0.15, -0.1) is 0 Å².